The van der Waals surface area contributed by atoms with Gasteiger partial charge in [-0.05, 0) is 37.7 Å². The minimum absolute atomic E-state index is 0.113. The first-order chi connectivity index (χ1) is 14.5. The maximum atomic E-state index is 13.0. The van der Waals surface area contributed by atoms with Gasteiger partial charge in [-0.2, -0.15) is 0 Å². The molecule has 7 nitrogen and oxygen atoms in total. The first kappa shape index (κ1) is 23.0. The van der Waals surface area contributed by atoms with E-state index >= 15 is 0 Å². The lowest BCUT2D eigenvalue weighted by atomic mass is 9.95. The second kappa shape index (κ2) is 11.1. The Morgan fingerprint density at radius 1 is 1.30 bits per heavy atom. The van der Waals surface area contributed by atoms with Crippen molar-refractivity contribution in [2.75, 3.05) is 31.3 Å². The van der Waals surface area contributed by atoms with E-state index in [1.165, 1.54) is 29.3 Å². The fourth-order valence-electron chi connectivity index (χ4n) is 3.18. The van der Waals surface area contributed by atoms with Crippen molar-refractivity contribution in [3.8, 4) is 0 Å². The minimum Gasteiger partial charge on any atom is -0.383 e. The van der Waals surface area contributed by atoms with Crippen molar-refractivity contribution in [1.29, 1.82) is 0 Å². The zero-order chi connectivity index (χ0) is 21.5. The molecule has 3 rings (SSSR count). The van der Waals surface area contributed by atoms with Crippen molar-refractivity contribution in [3.05, 3.63) is 32.9 Å². The van der Waals surface area contributed by atoms with Crippen LogP contribution >= 0.6 is 34.7 Å². The summed E-state index contributed by atoms with van der Waals surface area (Å²) in [5.41, 5.74) is 1.69. The molecule has 0 spiro atoms. The molecule has 162 valence electrons. The van der Waals surface area contributed by atoms with Crippen LogP contribution in [0.1, 0.15) is 57.5 Å². The number of hydrogen-bond acceptors (Lipinski definition) is 7. The monoisotopic (exact) mass is 468 g/mol. The molecule has 0 atom stereocenters. The van der Waals surface area contributed by atoms with Gasteiger partial charge in [0.25, 0.3) is 11.8 Å². The zero-order valence-electron chi connectivity index (χ0n) is 17.0. The Kier molecular flexibility index (Phi) is 8.50. The van der Waals surface area contributed by atoms with E-state index in [0.717, 1.165) is 48.3 Å². The number of anilines is 1. The maximum Gasteiger partial charge on any atom is 0.276 e. The lowest BCUT2D eigenvalue weighted by molar-refractivity contribution is 0.0937. The van der Waals surface area contributed by atoms with Crippen molar-refractivity contribution in [3.63, 3.8) is 0 Å². The molecule has 0 aromatic carbocycles. The number of carbonyl (C=O) groups excluding carboxylic acids is 2. The highest BCUT2D eigenvalue weighted by molar-refractivity contribution is 7.99. The fraction of sp³-hybridized carbons (Fsp3) is 0.500. The third-order valence-corrected chi connectivity index (χ3v) is 7.14. The highest BCUT2D eigenvalue weighted by Gasteiger charge is 2.27. The second-order valence-electron chi connectivity index (χ2n) is 6.82. The first-order valence-corrected chi connectivity index (χ1v) is 12.1. The highest BCUT2D eigenvalue weighted by Crippen LogP contribution is 2.38. The molecule has 1 aliphatic carbocycles. The number of aryl methyl sites for hydroxylation is 1. The topological polar surface area (TPSA) is 93.2 Å². The number of nitrogens with one attached hydrogen (secondary N) is 2. The van der Waals surface area contributed by atoms with Crippen LogP contribution in [-0.2, 0) is 17.6 Å². The van der Waals surface area contributed by atoms with Crippen molar-refractivity contribution < 1.29 is 14.3 Å². The summed E-state index contributed by atoms with van der Waals surface area (Å²) in [6.07, 6.45) is 6.29. The molecule has 0 bridgehead atoms. The molecule has 2 amide bonds. The molecule has 1 aliphatic rings. The molecule has 0 radical (unpaired) electrons. The van der Waals surface area contributed by atoms with Crippen molar-refractivity contribution in [1.82, 2.24) is 15.3 Å². The summed E-state index contributed by atoms with van der Waals surface area (Å²) < 4.78 is 5.01. The van der Waals surface area contributed by atoms with E-state index in [2.05, 4.69) is 27.5 Å². The summed E-state index contributed by atoms with van der Waals surface area (Å²) in [6.45, 7) is 2.89. The number of thiophene rings is 1. The van der Waals surface area contributed by atoms with Gasteiger partial charge in [-0.15, -0.1) is 11.3 Å². The van der Waals surface area contributed by atoms with Gasteiger partial charge in [0, 0.05) is 24.3 Å². The Morgan fingerprint density at radius 2 is 2.10 bits per heavy atom. The Morgan fingerprint density at radius 3 is 2.87 bits per heavy atom. The quantitative estimate of drug-likeness (QED) is 0.325. The number of carbonyl (C=O) groups is 2. The molecule has 0 saturated heterocycles. The van der Waals surface area contributed by atoms with Crippen LogP contribution in [0.3, 0.4) is 0 Å². The van der Waals surface area contributed by atoms with Crippen LogP contribution in [0.2, 0.25) is 5.02 Å². The number of rotatable bonds is 9. The van der Waals surface area contributed by atoms with Gasteiger partial charge < -0.3 is 15.4 Å². The molecular weight excluding hydrogens is 444 g/mol. The lowest BCUT2D eigenvalue weighted by Gasteiger charge is -2.13. The molecule has 2 N–H and O–H groups in total. The van der Waals surface area contributed by atoms with Gasteiger partial charge >= 0.3 is 0 Å². The van der Waals surface area contributed by atoms with Gasteiger partial charge in [0.05, 0.1) is 23.4 Å². The number of hydrogen-bond donors (Lipinski definition) is 2. The van der Waals surface area contributed by atoms with Gasteiger partial charge in [0.1, 0.15) is 5.00 Å². The number of methoxy groups -OCH3 is 1. The van der Waals surface area contributed by atoms with Crippen LogP contribution < -0.4 is 10.6 Å². The van der Waals surface area contributed by atoms with Gasteiger partial charge in [-0.25, -0.2) is 9.97 Å². The lowest BCUT2D eigenvalue weighted by Crippen LogP contribution is -2.28. The van der Waals surface area contributed by atoms with E-state index in [1.54, 1.807) is 7.11 Å². The van der Waals surface area contributed by atoms with Gasteiger partial charge in [0.15, 0.2) is 10.9 Å². The van der Waals surface area contributed by atoms with E-state index in [1.807, 2.05) is 0 Å². The number of ether oxygens (including phenoxy) is 1. The number of halogens is 1. The number of thioether (sulfide) groups is 1. The van der Waals surface area contributed by atoms with Gasteiger partial charge in [-0.3, -0.25) is 9.59 Å². The molecule has 0 aliphatic heterocycles. The van der Waals surface area contributed by atoms with Crippen LogP contribution in [0.15, 0.2) is 11.4 Å². The van der Waals surface area contributed by atoms with E-state index in [0.29, 0.717) is 28.9 Å². The average Bonchev–Trinajstić information content (AvgIpc) is 3.11. The summed E-state index contributed by atoms with van der Waals surface area (Å²) in [7, 11) is 1.59. The number of aromatic nitrogens is 2. The smallest absolute Gasteiger partial charge is 0.276 e. The van der Waals surface area contributed by atoms with Crippen molar-refractivity contribution in [2.24, 2.45) is 0 Å². The third kappa shape index (κ3) is 5.51. The zero-order valence-corrected chi connectivity index (χ0v) is 19.4. The molecule has 0 unspecified atom stereocenters. The molecular formula is C20H25ClN4O3S2. The summed E-state index contributed by atoms with van der Waals surface area (Å²) >= 11 is 9.13. The normalized spacial score (nSPS) is 13.0. The van der Waals surface area contributed by atoms with Crippen LogP contribution in [0.25, 0.3) is 0 Å². The predicted molar refractivity (Wildman–Crippen MR) is 121 cm³/mol. The van der Waals surface area contributed by atoms with Crippen LogP contribution in [0.5, 0.6) is 0 Å². The van der Waals surface area contributed by atoms with E-state index in [9.17, 15) is 9.59 Å². The second-order valence-corrected chi connectivity index (χ2v) is 9.39. The van der Waals surface area contributed by atoms with Crippen LogP contribution in [-0.4, -0.2) is 47.8 Å². The predicted octanol–water partition coefficient (Wildman–Crippen LogP) is 4.20. The molecule has 0 saturated carbocycles. The molecule has 0 fully saturated rings. The number of nitrogens with zero attached hydrogens (tertiary/aromatic N) is 2. The summed E-state index contributed by atoms with van der Waals surface area (Å²) in [5.74, 6) is 0.214. The fourth-order valence-corrected chi connectivity index (χ4v) is 5.31. The molecule has 2 aromatic rings. The minimum atomic E-state index is -0.440. The Hall–Kier alpha value is -1.68. The van der Waals surface area contributed by atoms with Crippen LogP contribution in [0.4, 0.5) is 5.00 Å². The summed E-state index contributed by atoms with van der Waals surface area (Å²) in [6, 6.07) is 0. The van der Waals surface area contributed by atoms with E-state index in [4.69, 9.17) is 16.3 Å². The van der Waals surface area contributed by atoms with Gasteiger partial charge in [-0.1, -0.05) is 30.3 Å². The molecule has 30 heavy (non-hydrogen) atoms. The molecule has 2 aromatic heterocycles. The SMILES string of the molecule is CCCSc1ncc(Cl)c(C(=O)Nc2sc3c(c2C(=O)NCCOC)CCCC3)n1. The summed E-state index contributed by atoms with van der Waals surface area (Å²) in [4.78, 5) is 35.5. The van der Waals surface area contributed by atoms with E-state index in [-0.39, 0.29) is 16.6 Å². The first-order valence-electron chi connectivity index (χ1n) is 9.93. The van der Waals surface area contributed by atoms with Gasteiger partial charge in [0.2, 0.25) is 0 Å². The van der Waals surface area contributed by atoms with Crippen molar-refractivity contribution >= 4 is 51.5 Å². The standard InChI is InChI=1S/C20H25ClN4O3S2/c1-3-10-29-20-23-11-13(21)16(24-20)18(27)25-19-15(17(26)22-8-9-28-2)12-6-4-5-7-14(12)30-19/h11H,3-10H2,1-2H3,(H,22,26)(H,25,27). The van der Waals surface area contributed by atoms with E-state index < -0.39 is 5.91 Å². The largest absolute Gasteiger partial charge is 0.383 e. The number of fused-ring (bicyclic) bond motifs is 1. The van der Waals surface area contributed by atoms with Crippen LogP contribution in [0, 0.1) is 0 Å². The Bertz CT molecular complexity index is 920. The summed E-state index contributed by atoms with van der Waals surface area (Å²) in [5, 5.41) is 6.98. The highest BCUT2D eigenvalue weighted by atomic mass is 35.5. The Labute approximate surface area is 189 Å². The Balaban J connectivity index is 1.86. The maximum absolute atomic E-state index is 13.0. The molecule has 10 heteroatoms. The number of amides is 2. The third-order valence-electron chi connectivity index (χ3n) is 4.59. The van der Waals surface area contributed by atoms with Crippen molar-refractivity contribution in [2.45, 2.75) is 44.2 Å². The molecule has 2 heterocycles. The average molecular weight is 469 g/mol.